The van der Waals surface area contributed by atoms with Gasteiger partial charge in [0.2, 0.25) is 5.91 Å². The Morgan fingerprint density at radius 2 is 1.91 bits per heavy atom. The van der Waals surface area contributed by atoms with Crippen LogP contribution in [-0.4, -0.2) is 24.5 Å². The molecule has 0 aromatic heterocycles. The number of rotatable bonds is 4. The molecular weight excluding hydrogens is 285 g/mol. The van der Waals surface area contributed by atoms with Gasteiger partial charge >= 0.3 is 6.03 Å². The van der Waals surface area contributed by atoms with Crippen LogP contribution in [0.3, 0.4) is 0 Å². The van der Waals surface area contributed by atoms with E-state index < -0.39 is 6.04 Å². The van der Waals surface area contributed by atoms with Gasteiger partial charge in [-0.2, -0.15) is 0 Å². The van der Waals surface area contributed by atoms with Crippen LogP contribution in [0, 0.1) is 11.7 Å². The fourth-order valence-corrected chi connectivity index (χ4v) is 3.30. The molecule has 1 saturated heterocycles. The number of urea groups is 1. The van der Waals surface area contributed by atoms with Crippen molar-refractivity contribution in [3.8, 4) is 0 Å². The van der Waals surface area contributed by atoms with E-state index in [-0.39, 0.29) is 23.8 Å². The molecule has 118 valence electrons. The van der Waals surface area contributed by atoms with E-state index in [4.69, 9.17) is 0 Å². The second-order valence-corrected chi connectivity index (χ2v) is 5.99. The molecule has 1 heterocycles. The van der Waals surface area contributed by atoms with E-state index in [2.05, 4.69) is 16.0 Å². The summed E-state index contributed by atoms with van der Waals surface area (Å²) in [5.74, 6) is -0.119. The predicted octanol–water partition coefficient (Wildman–Crippen LogP) is 1.85. The van der Waals surface area contributed by atoms with E-state index in [0.29, 0.717) is 12.5 Å². The van der Waals surface area contributed by atoms with Crippen molar-refractivity contribution in [3.05, 3.63) is 35.6 Å². The molecule has 1 aliphatic heterocycles. The maximum Gasteiger partial charge on any atom is 0.315 e. The fraction of sp³-hybridized carbons (Fsp3) is 0.500. The lowest BCUT2D eigenvalue weighted by molar-refractivity contribution is -0.123. The van der Waals surface area contributed by atoms with Crippen molar-refractivity contribution in [2.75, 3.05) is 6.54 Å². The number of hydrogen-bond acceptors (Lipinski definition) is 2. The summed E-state index contributed by atoms with van der Waals surface area (Å²) in [5, 5.41) is 8.21. The van der Waals surface area contributed by atoms with E-state index >= 15 is 0 Å². The third-order valence-electron chi connectivity index (χ3n) is 4.49. The van der Waals surface area contributed by atoms with Crippen LogP contribution in [0.4, 0.5) is 9.18 Å². The molecule has 2 atom stereocenters. The number of benzene rings is 1. The standard InChI is InChI=1S/C16H20FN3O2/c17-12-7-5-11(6-8-12)14(10-3-1-2-4-10)20-15(21)13-9-18-16(22)19-13/h5-8,10,13-14H,1-4,9H2,(H,20,21)(H2,18,19,22)/t13-,14-/m0/s1. The molecule has 2 aliphatic rings. The van der Waals surface area contributed by atoms with Crippen molar-refractivity contribution in [2.45, 2.75) is 37.8 Å². The van der Waals surface area contributed by atoms with Crippen LogP contribution in [0.15, 0.2) is 24.3 Å². The molecule has 1 aromatic carbocycles. The van der Waals surface area contributed by atoms with Gasteiger partial charge in [-0.15, -0.1) is 0 Å². The van der Waals surface area contributed by atoms with Gasteiger partial charge in [-0.25, -0.2) is 9.18 Å². The Balaban J connectivity index is 1.74. The summed E-state index contributed by atoms with van der Waals surface area (Å²) >= 11 is 0. The minimum Gasteiger partial charge on any atom is -0.347 e. The monoisotopic (exact) mass is 305 g/mol. The first-order valence-electron chi connectivity index (χ1n) is 7.73. The molecule has 6 heteroatoms. The Morgan fingerprint density at radius 1 is 1.23 bits per heavy atom. The van der Waals surface area contributed by atoms with Crippen LogP contribution in [0.1, 0.15) is 37.3 Å². The number of amides is 3. The third kappa shape index (κ3) is 3.21. The van der Waals surface area contributed by atoms with Crippen LogP contribution in [-0.2, 0) is 4.79 Å². The van der Waals surface area contributed by atoms with Gasteiger partial charge in [-0.05, 0) is 36.5 Å². The second kappa shape index (κ2) is 6.34. The van der Waals surface area contributed by atoms with Crippen LogP contribution in [0.5, 0.6) is 0 Å². The molecule has 2 fully saturated rings. The maximum absolute atomic E-state index is 13.1. The van der Waals surface area contributed by atoms with Gasteiger partial charge < -0.3 is 16.0 Å². The topological polar surface area (TPSA) is 70.2 Å². The molecule has 5 nitrogen and oxygen atoms in total. The number of nitrogens with one attached hydrogen (secondary N) is 3. The van der Waals surface area contributed by atoms with Gasteiger partial charge in [0.05, 0.1) is 6.04 Å². The predicted molar refractivity (Wildman–Crippen MR) is 79.6 cm³/mol. The quantitative estimate of drug-likeness (QED) is 0.794. The highest BCUT2D eigenvalue weighted by atomic mass is 19.1. The van der Waals surface area contributed by atoms with Crippen LogP contribution in [0.25, 0.3) is 0 Å². The highest BCUT2D eigenvalue weighted by Gasteiger charge is 2.32. The summed E-state index contributed by atoms with van der Waals surface area (Å²) < 4.78 is 13.1. The third-order valence-corrected chi connectivity index (χ3v) is 4.49. The van der Waals surface area contributed by atoms with Crippen LogP contribution >= 0.6 is 0 Å². The molecule has 1 aromatic rings. The zero-order valence-electron chi connectivity index (χ0n) is 12.3. The highest BCUT2D eigenvalue weighted by molar-refractivity contribution is 5.90. The average molecular weight is 305 g/mol. The van der Waals surface area contributed by atoms with Crippen molar-refractivity contribution in [1.29, 1.82) is 0 Å². The first-order chi connectivity index (χ1) is 10.6. The van der Waals surface area contributed by atoms with Crippen molar-refractivity contribution < 1.29 is 14.0 Å². The fourth-order valence-electron chi connectivity index (χ4n) is 3.30. The average Bonchev–Trinajstić information content (AvgIpc) is 3.17. The normalized spacial score (nSPS) is 23.0. The van der Waals surface area contributed by atoms with Gasteiger partial charge in [-0.3, -0.25) is 4.79 Å². The smallest absolute Gasteiger partial charge is 0.315 e. The van der Waals surface area contributed by atoms with Crippen molar-refractivity contribution in [3.63, 3.8) is 0 Å². The molecule has 0 bridgehead atoms. The summed E-state index contributed by atoms with van der Waals surface area (Å²) in [6.07, 6.45) is 4.41. The number of carbonyl (C=O) groups excluding carboxylic acids is 2. The van der Waals surface area contributed by atoms with E-state index in [1.54, 1.807) is 12.1 Å². The van der Waals surface area contributed by atoms with Gasteiger partial charge in [0.1, 0.15) is 11.9 Å². The molecule has 3 amide bonds. The molecule has 0 radical (unpaired) electrons. The largest absolute Gasteiger partial charge is 0.347 e. The second-order valence-electron chi connectivity index (χ2n) is 5.99. The summed E-state index contributed by atoms with van der Waals surface area (Å²) in [7, 11) is 0. The summed E-state index contributed by atoms with van der Waals surface area (Å²) in [4.78, 5) is 23.5. The van der Waals surface area contributed by atoms with Crippen molar-refractivity contribution in [2.24, 2.45) is 5.92 Å². The van der Waals surface area contributed by atoms with Gasteiger partial charge in [0, 0.05) is 6.54 Å². The lowest BCUT2D eigenvalue weighted by Gasteiger charge is -2.26. The lowest BCUT2D eigenvalue weighted by Crippen LogP contribution is -2.45. The van der Waals surface area contributed by atoms with Crippen molar-refractivity contribution in [1.82, 2.24) is 16.0 Å². The number of hydrogen-bond donors (Lipinski definition) is 3. The Bertz CT molecular complexity index is 555. The molecule has 3 rings (SSSR count). The molecule has 3 N–H and O–H groups in total. The van der Waals surface area contributed by atoms with Gasteiger partial charge in [0.25, 0.3) is 0 Å². The minimum atomic E-state index is -0.545. The zero-order valence-corrected chi connectivity index (χ0v) is 12.3. The van der Waals surface area contributed by atoms with E-state index in [9.17, 15) is 14.0 Å². The van der Waals surface area contributed by atoms with E-state index in [1.165, 1.54) is 12.1 Å². The molecular formula is C16H20FN3O2. The van der Waals surface area contributed by atoms with E-state index in [0.717, 1.165) is 31.2 Å². The Morgan fingerprint density at radius 3 is 2.50 bits per heavy atom. The first kappa shape index (κ1) is 14.8. The lowest BCUT2D eigenvalue weighted by atomic mass is 9.91. The number of carbonyl (C=O) groups is 2. The van der Waals surface area contributed by atoms with Gasteiger partial charge in [0.15, 0.2) is 0 Å². The summed E-state index contributed by atoms with van der Waals surface area (Å²) in [5.41, 5.74) is 0.916. The number of halogens is 1. The first-order valence-corrected chi connectivity index (χ1v) is 7.73. The Kier molecular flexibility index (Phi) is 4.27. The molecule has 0 unspecified atom stereocenters. The van der Waals surface area contributed by atoms with Crippen molar-refractivity contribution >= 4 is 11.9 Å². The molecule has 0 spiro atoms. The summed E-state index contributed by atoms with van der Waals surface area (Å²) in [6, 6.07) is 5.29. The summed E-state index contributed by atoms with van der Waals surface area (Å²) in [6.45, 7) is 0.297. The van der Waals surface area contributed by atoms with Crippen LogP contribution < -0.4 is 16.0 Å². The molecule has 1 saturated carbocycles. The Labute approximate surface area is 128 Å². The minimum absolute atomic E-state index is 0.131. The molecule has 22 heavy (non-hydrogen) atoms. The maximum atomic E-state index is 13.1. The van der Waals surface area contributed by atoms with Crippen LogP contribution in [0.2, 0.25) is 0 Å². The zero-order chi connectivity index (χ0) is 15.5. The van der Waals surface area contributed by atoms with Gasteiger partial charge in [-0.1, -0.05) is 25.0 Å². The SMILES string of the molecule is O=C1NC[C@@H](C(=O)N[C@H](c2ccc(F)cc2)C2CCCC2)N1. The Hall–Kier alpha value is -2.11. The van der Waals surface area contributed by atoms with E-state index in [1.807, 2.05) is 0 Å². The molecule has 1 aliphatic carbocycles. The highest BCUT2D eigenvalue weighted by Crippen LogP contribution is 2.35.